The van der Waals surface area contributed by atoms with Crippen LogP contribution in [0.2, 0.25) is 0 Å². The van der Waals surface area contributed by atoms with Crippen molar-refractivity contribution in [1.82, 2.24) is 10.2 Å². The molecule has 1 fully saturated rings. The average Bonchev–Trinajstić information content (AvgIpc) is 3.28. The summed E-state index contributed by atoms with van der Waals surface area (Å²) in [5.74, 6) is 0.474. The lowest BCUT2D eigenvalue weighted by molar-refractivity contribution is -0.128. The lowest BCUT2D eigenvalue weighted by Gasteiger charge is -2.24. The summed E-state index contributed by atoms with van der Waals surface area (Å²) in [6.07, 6.45) is 0. The standard InChI is InChI=1S/C31H28N2O2S/c1-22-12-14-25(15-13-22)29(24-10-6-3-7-11-24)32-30(35)26-16-18-27(19-17-26)31-33(28(34)21-36-31)20-23-8-4-2-5-9-23/h2-19,29,31H,20-21H2,1H3,(H,32,35)/t29-,31-/m1/s1. The van der Waals surface area contributed by atoms with Crippen LogP contribution in [0.5, 0.6) is 0 Å². The molecule has 0 spiro atoms. The molecular formula is C31H28N2O2S. The topological polar surface area (TPSA) is 49.4 Å². The van der Waals surface area contributed by atoms with Gasteiger partial charge in [0.25, 0.3) is 5.91 Å². The number of hydrogen-bond acceptors (Lipinski definition) is 3. The van der Waals surface area contributed by atoms with E-state index in [-0.39, 0.29) is 23.2 Å². The fraction of sp³-hybridized carbons (Fsp3) is 0.161. The maximum absolute atomic E-state index is 13.3. The fourth-order valence-electron chi connectivity index (χ4n) is 4.46. The maximum Gasteiger partial charge on any atom is 0.252 e. The first-order valence-electron chi connectivity index (χ1n) is 12.1. The first-order chi connectivity index (χ1) is 17.6. The molecule has 36 heavy (non-hydrogen) atoms. The lowest BCUT2D eigenvalue weighted by Crippen LogP contribution is -2.29. The molecule has 1 saturated heterocycles. The van der Waals surface area contributed by atoms with Crippen molar-refractivity contribution in [3.05, 3.63) is 143 Å². The summed E-state index contributed by atoms with van der Waals surface area (Å²) in [4.78, 5) is 27.8. The molecule has 2 amide bonds. The molecule has 1 aliphatic rings. The van der Waals surface area contributed by atoms with Crippen LogP contribution in [-0.2, 0) is 11.3 Å². The average molecular weight is 493 g/mol. The number of carbonyl (C=O) groups excluding carboxylic acids is 2. The van der Waals surface area contributed by atoms with E-state index in [2.05, 4.69) is 36.5 Å². The Labute approximate surface area is 216 Å². The fourth-order valence-corrected chi connectivity index (χ4v) is 5.65. The summed E-state index contributed by atoms with van der Waals surface area (Å²) in [7, 11) is 0. The zero-order valence-corrected chi connectivity index (χ0v) is 20.9. The van der Waals surface area contributed by atoms with E-state index >= 15 is 0 Å². The van der Waals surface area contributed by atoms with E-state index < -0.39 is 0 Å². The van der Waals surface area contributed by atoms with Crippen molar-refractivity contribution < 1.29 is 9.59 Å². The highest BCUT2D eigenvalue weighted by Gasteiger charge is 2.32. The highest BCUT2D eigenvalue weighted by Crippen LogP contribution is 2.39. The highest BCUT2D eigenvalue weighted by molar-refractivity contribution is 8.00. The molecule has 4 aromatic rings. The predicted octanol–water partition coefficient (Wildman–Crippen LogP) is 6.29. The van der Waals surface area contributed by atoms with Gasteiger partial charge in [0.05, 0.1) is 11.8 Å². The molecule has 0 unspecified atom stereocenters. The Bertz CT molecular complexity index is 1320. The van der Waals surface area contributed by atoms with E-state index in [1.807, 2.05) is 89.8 Å². The minimum absolute atomic E-state index is 0.0561. The largest absolute Gasteiger partial charge is 0.341 e. The van der Waals surface area contributed by atoms with Crippen LogP contribution in [0.1, 0.15) is 49.6 Å². The van der Waals surface area contributed by atoms with Crippen molar-refractivity contribution in [1.29, 1.82) is 0 Å². The first kappa shape index (κ1) is 23.9. The molecule has 1 N–H and O–H groups in total. The van der Waals surface area contributed by atoms with Gasteiger partial charge in [-0.25, -0.2) is 0 Å². The van der Waals surface area contributed by atoms with Gasteiger partial charge in [0.1, 0.15) is 5.37 Å². The van der Waals surface area contributed by atoms with Crippen LogP contribution in [0.4, 0.5) is 0 Å². The third-order valence-electron chi connectivity index (χ3n) is 6.44. The van der Waals surface area contributed by atoms with Crippen LogP contribution in [0, 0.1) is 6.92 Å². The van der Waals surface area contributed by atoms with Gasteiger partial charge < -0.3 is 10.2 Å². The number of amides is 2. The Morgan fingerprint density at radius 1 is 0.861 bits per heavy atom. The van der Waals surface area contributed by atoms with Crippen LogP contribution in [-0.4, -0.2) is 22.5 Å². The van der Waals surface area contributed by atoms with Crippen LogP contribution < -0.4 is 5.32 Å². The number of thioether (sulfide) groups is 1. The molecule has 180 valence electrons. The number of hydrogen-bond donors (Lipinski definition) is 1. The zero-order chi connectivity index (χ0) is 24.9. The third kappa shape index (κ3) is 5.37. The summed E-state index contributed by atoms with van der Waals surface area (Å²) in [5, 5.41) is 3.16. The second-order valence-electron chi connectivity index (χ2n) is 9.02. The van der Waals surface area contributed by atoms with Gasteiger partial charge in [0.2, 0.25) is 5.91 Å². The van der Waals surface area contributed by atoms with E-state index in [9.17, 15) is 9.59 Å². The number of aryl methyl sites for hydroxylation is 1. The van der Waals surface area contributed by atoms with E-state index in [0.29, 0.717) is 17.9 Å². The van der Waals surface area contributed by atoms with Crippen LogP contribution >= 0.6 is 11.8 Å². The van der Waals surface area contributed by atoms with Gasteiger partial charge in [-0.15, -0.1) is 11.8 Å². The number of nitrogens with zero attached hydrogens (tertiary/aromatic N) is 1. The smallest absolute Gasteiger partial charge is 0.252 e. The van der Waals surface area contributed by atoms with Crippen molar-refractivity contribution in [3.8, 4) is 0 Å². The Kier molecular flexibility index (Phi) is 7.19. The van der Waals surface area contributed by atoms with E-state index in [4.69, 9.17) is 0 Å². The van der Waals surface area contributed by atoms with Crippen LogP contribution in [0.15, 0.2) is 109 Å². The van der Waals surface area contributed by atoms with Crippen molar-refractivity contribution in [3.63, 3.8) is 0 Å². The Morgan fingerprint density at radius 2 is 1.47 bits per heavy atom. The van der Waals surface area contributed by atoms with Gasteiger partial charge >= 0.3 is 0 Å². The Morgan fingerprint density at radius 3 is 2.14 bits per heavy atom. The van der Waals surface area contributed by atoms with Crippen molar-refractivity contribution in [2.45, 2.75) is 24.9 Å². The van der Waals surface area contributed by atoms with Crippen molar-refractivity contribution in [2.24, 2.45) is 0 Å². The van der Waals surface area contributed by atoms with Gasteiger partial charge in [-0.2, -0.15) is 0 Å². The number of benzene rings is 4. The second-order valence-corrected chi connectivity index (χ2v) is 10.1. The SMILES string of the molecule is Cc1ccc([C@H](NC(=O)c2ccc([C@H]3SCC(=O)N3Cc3ccccc3)cc2)c2ccccc2)cc1. The van der Waals surface area contributed by atoms with Crippen molar-refractivity contribution in [2.75, 3.05) is 5.75 Å². The molecule has 5 heteroatoms. The molecular weight excluding hydrogens is 464 g/mol. The minimum atomic E-state index is -0.247. The summed E-state index contributed by atoms with van der Waals surface area (Å²) < 4.78 is 0. The summed E-state index contributed by atoms with van der Waals surface area (Å²) in [6, 6.07) is 35.7. The first-order valence-corrected chi connectivity index (χ1v) is 13.1. The quantitative estimate of drug-likeness (QED) is 0.330. The summed E-state index contributed by atoms with van der Waals surface area (Å²) >= 11 is 1.63. The van der Waals surface area contributed by atoms with E-state index in [1.165, 1.54) is 5.56 Å². The molecule has 1 aliphatic heterocycles. The Balaban J connectivity index is 1.33. The van der Waals surface area contributed by atoms with E-state index in [0.717, 1.165) is 22.3 Å². The van der Waals surface area contributed by atoms with Gasteiger partial charge in [0.15, 0.2) is 0 Å². The van der Waals surface area contributed by atoms with Gasteiger partial charge in [-0.3, -0.25) is 9.59 Å². The summed E-state index contributed by atoms with van der Waals surface area (Å²) in [6.45, 7) is 2.63. The normalized spacial score (nSPS) is 16.1. The highest BCUT2D eigenvalue weighted by atomic mass is 32.2. The maximum atomic E-state index is 13.3. The number of nitrogens with one attached hydrogen (secondary N) is 1. The monoisotopic (exact) mass is 492 g/mol. The lowest BCUT2D eigenvalue weighted by atomic mass is 9.97. The van der Waals surface area contributed by atoms with Crippen LogP contribution in [0.25, 0.3) is 0 Å². The molecule has 2 atom stereocenters. The van der Waals surface area contributed by atoms with Gasteiger partial charge in [-0.05, 0) is 41.3 Å². The predicted molar refractivity (Wildman–Crippen MR) is 146 cm³/mol. The number of rotatable bonds is 7. The van der Waals surface area contributed by atoms with E-state index in [1.54, 1.807) is 11.8 Å². The minimum Gasteiger partial charge on any atom is -0.341 e. The molecule has 0 aromatic heterocycles. The zero-order valence-electron chi connectivity index (χ0n) is 20.1. The third-order valence-corrected chi connectivity index (χ3v) is 7.70. The second kappa shape index (κ2) is 10.8. The number of carbonyl (C=O) groups is 2. The molecule has 5 rings (SSSR count). The molecule has 1 heterocycles. The van der Waals surface area contributed by atoms with Gasteiger partial charge in [-0.1, -0.05) is 103 Å². The molecule has 4 aromatic carbocycles. The molecule has 0 aliphatic carbocycles. The molecule has 0 saturated carbocycles. The molecule has 0 bridgehead atoms. The molecule has 4 nitrogen and oxygen atoms in total. The molecule has 0 radical (unpaired) electrons. The van der Waals surface area contributed by atoms with Gasteiger partial charge in [0, 0.05) is 12.1 Å². The van der Waals surface area contributed by atoms with Crippen LogP contribution in [0.3, 0.4) is 0 Å². The van der Waals surface area contributed by atoms with Crippen molar-refractivity contribution >= 4 is 23.6 Å². The Hall–Kier alpha value is -3.83. The summed E-state index contributed by atoms with van der Waals surface area (Å²) in [5.41, 5.74) is 5.97.